The first-order valence-corrected chi connectivity index (χ1v) is 7.50. The van der Waals surface area contributed by atoms with Crippen molar-refractivity contribution in [1.82, 2.24) is 15.0 Å². The van der Waals surface area contributed by atoms with E-state index in [2.05, 4.69) is 16.8 Å². The number of benzene rings is 2. The molecule has 3 rings (SSSR count). The molecule has 0 aliphatic carbocycles. The van der Waals surface area contributed by atoms with E-state index >= 15 is 0 Å². The summed E-state index contributed by atoms with van der Waals surface area (Å²) in [6.45, 7) is 6.91. The lowest BCUT2D eigenvalue weighted by atomic mass is 10.1. The Balaban J connectivity index is 1.81. The number of ether oxygens (including phenoxy) is 1. The van der Waals surface area contributed by atoms with Gasteiger partial charge in [-0.15, -0.1) is 15.0 Å². The fourth-order valence-electron chi connectivity index (χ4n) is 2.29. The molecule has 0 bridgehead atoms. The van der Waals surface area contributed by atoms with Gasteiger partial charge in [0.05, 0.1) is 13.2 Å². The molecule has 5 nitrogen and oxygen atoms in total. The van der Waals surface area contributed by atoms with Crippen LogP contribution in [0.5, 0.6) is 5.75 Å². The van der Waals surface area contributed by atoms with Crippen molar-refractivity contribution in [3.05, 3.63) is 60.2 Å². The predicted octanol–water partition coefficient (Wildman–Crippen LogP) is 3.26. The molecule has 2 aromatic carbocycles. The molecule has 5 heteroatoms. The second kappa shape index (κ2) is 6.62. The number of hydrogen-bond donors (Lipinski definition) is 1. The Morgan fingerprint density at radius 3 is 2.52 bits per heavy atom. The molecule has 1 heterocycles. The lowest BCUT2D eigenvalue weighted by Crippen LogP contribution is -2.03. The molecule has 0 radical (unpaired) electrons. The lowest BCUT2D eigenvalue weighted by Gasteiger charge is -2.07. The maximum absolute atomic E-state index is 10.1. The van der Waals surface area contributed by atoms with Gasteiger partial charge in [-0.2, -0.15) is 0 Å². The molecule has 0 aliphatic heterocycles. The highest BCUT2D eigenvalue weighted by molar-refractivity contribution is 5.73. The van der Waals surface area contributed by atoms with Gasteiger partial charge in [0.15, 0.2) is 0 Å². The molecule has 0 aliphatic rings. The third-order valence-electron chi connectivity index (χ3n) is 3.43. The first kappa shape index (κ1) is 15.2. The lowest BCUT2D eigenvalue weighted by molar-refractivity contribution is 0.159. The number of fused-ring (bicyclic) bond motifs is 1. The van der Waals surface area contributed by atoms with Crippen LogP contribution >= 0.6 is 0 Å². The predicted molar refractivity (Wildman–Crippen MR) is 89.9 cm³/mol. The van der Waals surface area contributed by atoms with Crippen LogP contribution in [0.2, 0.25) is 0 Å². The third kappa shape index (κ3) is 3.57. The van der Waals surface area contributed by atoms with Crippen molar-refractivity contribution in [2.75, 3.05) is 13.2 Å². The highest BCUT2D eigenvalue weighted by Gasteiger charge is 2.09. The van der Waals surface area contributed by atoms with E-state index in [9.17, 15) is 5.11 Å². The number of rotatable bonds is 6. The van der Waals surface area contributed by atoms with E-state index in [1.54, 1.807) is 6.07 Å². The SMILES string of the molecule is C=C(C)COCCc1ccc(O)c(-n2nc3ccccc3n2)c1. The van der Waals surface area contributed by atoms with Crippen LogP contribution in [0.1, 0.15) is 12.5 Å². The summed E-state index contributed by atoms with van der Waals surface area (Å²) in [5.74, 6) is 0.150. The number of phenols is 1. The largest absolute Gasteiger partial charge is 0.506 e. The van der Waals surface area contributed by atoms with Gasteiger partial charge >= 0.3 is 0 Å². The van der Waals surface area contributed by atoms with Crippen molar-refractivity contribution in [2.45, 2.75) is 13.3 Å². The molecule has 0 atom stereocenters. The number of phenolic OH excluding ortho intramolecular Hbond substituents is 1. The zero-order valence-corrected chi connectivity index (χ0v) is 13.1. The van der Waals surface area contributed by atoms with Crippen LogP contribution < -0.4 is 0 Å². The first-order chi connectivity index (χ1) is 11.1. The van der Waals surface area contributed by atoms with Crippen molar-refractivity contribution in [3.8, 4) is 11.4 Å². The molecule has 3 aromatic rings. The Bertz CT molecular complexity index is 806. The van der Waals surface area contributed by atoms with E-state index < -0.39 is 0 Å². The highest BCUT2D eigenvalue weighted by Crippen LogP contribution is 2.23. The molecule has 23 heavy (non-hydrogen) atoms. The summed E-state index contributed by atoms with van der Waals surface area (Å²) in [6, 6.07) is 13.0. The molecule has 0 saturated heterocycles. The Morgan fingerprint density at radius 1 is 1.17 bits per heavy atom. The number of aromatic nitrogens is 3. The number of aromatic hydroxyl groups is 1. The van der Waals surface area contributed by atoms with Crippen LogP contribution in [0.3, 0.4) is 0 Å². The van der Waals surface area contributed by atoms with Crippen LogP contribution in [0.25, 0.3) is 16.7 Å². The van der Waals surface area contributed by atoms with Crippen LogP contribution in [0, 0.1) is 0 Å². The fourth-order valence-corrected chi connectivity index (χ4v) is 2.29. The summed E-state index contributed by atoms with van der Waals surface area (Å²) in [6.07, 6.45) is 0.751. The van der Waals surface area contributed by atoms with Gasteiger partial charge in [-0.3, -0.25) is 0 Å². The van der Waals surface area contributed by atoms with Crippen molar-refractivity contribution in [1.29, 1.82) is 0 Å². The van der Waals surface area contributed by atoms with E-state index in [-0.39, 0.29) is 5.75 Å². The molecular formula is C18H19N3O2. The second-order valence-electron chi connectivity index (χ2n) is 5.56. The van der Waals surface area contributed by atoms with E-state index in [1.807, 2.05) is 43.3 Å². The molecule has 0 saturated carbocycles. The van der Waals surface area contributed by atoms with Gasteiger partial charge in [-0.25, -0.2) is 0 Å². The summed E-state index contributed by atoms with van der Waals surface area (Å²) < 4.78 is 5.52. The van der Waals surface area contributed by atoms with Gasteiger partial charge in [0, 0.05) is 0 Å². The Kier molecular flexibility index (Phi) is 4.39. The van der Waals surface area contributed by atoms with Crippen LogP contribution in [-0.2, 0) is 11.2 Å². The molecule has 118 valence electrons. The molecule has 0 amide bonds. The van der Waals surface area contributed by atoms with Gasteiger partial charge in [0.1, 0.15) is 22.5 Å². The van der Waals surface area contributed by atoms with Gasteiger partial charge in [-0.05, 0) is 43.2 Å². The van der Waals surface area contributed by atoms with Gasteiger partial charge in [0.2, 0.25) is 0 Å². The van der Waals surface area contributed by atoms with E-state index in [1.165, 1.54) is 4.80 Å². The maximum Gasteiger partial charge on any atom is 0.143 e. The fraction of sp³-hybridized carbons (Fsp3) is 0.222. The summed E-state index contributed by atoms with van der Waals surface area (Å²) in [5, 5.41) is 18.9. The summed E-state index contributed by atoms with van der Waals surface area (Å²) in [7, 11) is 0. The zero-order valence-electron chi connectivity index (χ0n) is 13.1. The minimum absolute atomic E-state index is 0.150. The Hall–Kier alpha value is -2.66. The summed E-state index contributed by atoms with van der Waals surface area (Å²) >= 11 is 0. The summed E-state index contributed by atoms with van der Waals surface area (Å²) in [4.78, 5) is 1.47. The second-order valence-corrected chi connectivity index (χ2v) is 5.56. The topological polar surface area (TPSA) is 60.2 Å². The van der Waals surface area contributed by atoms with Crippen molar-refractivity contribution < 1.29 is 9.84 Å². The molecular weight excluding hydrogens is 290 g/mol. The number of nitrogens with zero attached hydrogens (tertiary/aromatic N) is 3. The van der Waals surface area contributed by atoms with Crippen molar-refractivity contribution in [2.24, 2.45) is 0 Å². The maximum atomic E-state index is 10.1. The highest BCUT2D eigenvalue weighted by atomic mass is 16.5. The Labute approximate surface area is 134 Å². The molecule has 0 unspecified atom stereocenters. The smallest absolute Gasteiger partial charge is 0.143 e. The van der Waals surface area contributed by atoms with Gasteiger partial charge in [-0.1, -0.05) is 30.4 Å². The quantitative estimate of drug-likeness (QED) is 0.561. The van der Waals surface area contributed by atoms with Gasteiger partial charge in [0.25, 0.3) is 0 Å². The van der Waals surface area contributed by atoms with Crippen LogP contribution in [0.15, 0.2) is 54.6 Å². The van der Waals surface area contributed by atoms with E-state index in [4.69, 9.17) is 4.74 Å². The minimum atomic E-state index is 0.150. The van der Waals surface area contributed by atoms with Crippen LogP contribution in [-0.4, -0.2) is 33.3 Å². The average Bonchev–Trinajstić information content (AvgIpc) is 2.96. The first-order valence-electron chi connectivity index (χ1n) is 7.50. The zero-order chi connectivity index (χ0) is 16.2. The van der Waals surface area contributed by atoms with E-state index in [0.29, 0.717) is 18.9 Å². The minimum Gasteiger partial charge on any atom is -0.506 e. The molecule has 1 N–H and O–H groups in total. The number of hydrogen-bond acceptors (Lipinski definition) is 4. The van der Waals surface area contributed by atoms with Crippen molar-refractivity contribution >= 4 is 11.0 Å². The monoisotopic (exact) mass is 309 g/mol. The third-order valence-corrected chi connectivity index (χ3v) is 3.43. The molecule has 0 fully saturated rings. The average molecular weight is 309 g/mol. The summed E-state index contributed by atoms with van der Waals surface area (Å²) in [5.41, 5.74) is 4.22. The molecule has 1 aromatic heterocycles. The van der Waals surface area contributed by atoms with Crippen LogP contribution in [0.4, 0.5) is 0 Å². The van der Waals surface area contributed by atoms with E-state index in [0.717, 1.165) is 28.6 Å². The Morgan fingerprint density at radius 2 is 1.87 bits per heavy atom. The normalized spacial score (nSPS) is 11.0. The van der Waals surface area contributed by atoms with Gasteiger partial charge < -0.3 is 9.84 Å². The van der Waals surface area contributed by atoms with Crippen molar-refractivity contribution in [3.63, 3.8) is 0 Å². The molecule has 0 spiro atoms. The standard InChI is InChI=1S/C18H19N3O2/c1-13(2)12-23-10-9-14-7-8-18(22)17(11-14)21-19-15-5-3-4-6-16(15)20-21/h3-8,11,22H,1,9-10,12H2,2H3.